The van der Waals surface area contributed by atoms with Crippen molar-refractivity contribution in [2.24, 2.45) is 11.8 Å². The number of amides is 2. The molecule has 0 spiro atoms. The van der Waals surface area contributed by atoms with Gasteiger partial charge < -0.3 is 20.5 Å². The molecule has 2 aromatic rings. The van der Waals surface area contributed by atoms with Crippen molar-refractivity contribution >= 4 is 18.0 Å². The SMILES string of the molecule is CCC[C@H](NC(=O)OCC1c2ccccc2-c2ccccc21)C(=O)NC[C@@H]1CCCC[C@@H]1C(=O)O. The lowest BCUT2D eigenvalue weighted by atomic mass is 9.79. The van der Waals surface area contributed by atoms with E-state index >= 15 is 0 Å². The molecular weight excluding hydrogens is 444 g/mol. The van der Waals surface area contributed by atoms with Crippen LogP contribution in [0, 0.1) is 11.8 Å². The number of ether oxygens (including phenoxy) is 1. The van der Waals surface area contributed by atoms with Gasteiger partial charge in [-0.05, 0) is 47.4 Å². The molecule has 4 rings (SSSR count). The Morgan fingerprint density at radius 2 is 1.63 bits per heavy atom. The molecule has 0 saturated heterocycles. The molecule has 1 saturated carbocycles. The van der Waals surface area contributed by atoms with E-state index in [4.69, 9.17) is 4.74 Å². The summed E-state index contributed by atoms with van der Waals surface area (Å²) in [5.41, 5.74) is 4.57. The largest absolute Gasteiger partial charge is 0.481 e. The van der Waals surface area contributed by atoms with Crippen molar-refractivity contribution in [3.05, 3.63) is 59.7 Å². The zero-order valence-electron chi connectivity index (χ0n) is 20.2. The normalized spacial score (nSPS) is 19.8. The van der Waals surface area contributed by atoms with Crippen LogP contribution in [0.2, 0.25) is 0 Å². The van der Waals surface area contributed by atoms with E-state index in [2.05, 4.69) is 34.9 Å². The van der Waals surface area contributed by atoms with Gasteiger partial charge in [0.25, 0.3) is 0 Å². The lowest BCUT2D eigenvalue weighted by Crippen LogP contribution is -2.49. The van der Waals surface area contributed by atoms with Crippen LogP contribution in [0.15, 0.2) is 48.5 Å². The van der Waals surface area contributed by atoms with Crippen LogP contribution in [0.25, 0.3) is 11.1 Å². The summed E-state index contributed by atoms with van der Waals surface area (Å²) in [5, 5.41) is 15.1. The second kappa shape index (κ2) is 11.4. The molecule has 3 atom stereocenters. The molecule has 186 valence electrons. The minimum absolute atomic E-state index is 0.0501. The van der Waals surface area contributed by atoms with Crippen LogP contribution in [-0.4, -0.2) is 42.3 Å². The van der Waals surface area contributed by atoms with Crippen molar-refractivity contribution in [3.63, 3.8) is 0 Å². The predicted octanol–water partition coefficient (Wildman–Crippen LogP) is 4.70. The standard InChI is InChI=1S/C28H34N2O5/c1-2-9-25(26(31)29-16-18-10-3-4-11-19(18)27(32)33)30-28(34)35-17-24-22-14-7-5-12-20(22)21-13-6-8-15-23(21)24/h5-8,12-15,18-19,24-25H,2-4,9-11,16-17H2,1H3,(H,29,31)(H,30,34)(H,32,33)/t18-,19-,25-/m0/s1. The Labute approximate surface area is 206 Å². The van der Waals surface area contributed by atoms with Gasteiger partial charge in [0.15, 0.2) is 0 Å². The van der Waals surface area contributed by atoms with Crippen molar-refractivity contribution in [2.75, 3.05) is 13.2 Å². The molecule has 7 heteroatoms. The summed E-state index contributed by atoms with van der Waals surface area (Å²) in [7, 11) is 0. The van der Waals surface area contributed by atoms with Crippen molar-refractivity contribution in [2.45, 2.75) is 57.4 Å². The fourth-order valence-corrected chi connectivity index (χ4v) is 5.47. The summed E-state index contributed by atoms with van der Waals surface area (Å²) in [6, 6.07) is 15.5. The van der Waals surface area contributed by atoms with E-state index in [1.165, 1.54) is 0 Å². The van der Waals surface area contributed by atoms with Gasteiger partial charge in [-0.15, -0.1) is 0 Å². The highest BCUT2D eigenvalue weighted by molar-refractivity contribution is 5.85. The molecule has 2 amide bonds. The average Bonchev–Trinajstić information content (AvgIpc) is 3.19. The quantitative estimate of drug-likeness (QED) is 0.485. The maximum absolute atomic E-state index is 12.8. The number of alkyl carbamates (subject to hydrolysis) is 1. The number of aliphatic carboxylic acids is 1. The van der Waals surface area contributed by atoms with Gasteiger partial charge in [-0.25, -0.2) is 4.79 Å². The number of nitrogens with one attached hydrogen (secondary N) is 2. The van der Waals surface area contributed by atoms with Gasteiger partial charge in [0, 0.05) is 12.5 Å². The minimum Gasteiger partial charge on any atom is -0.481 e. The summed E-state index contributed by atoms with van der Waals surface area (Å²) in [6.07, 6.45) is 3.87. The minimum atomic E-state index is -0.800. The van der Waals surface area contributed by atoms with E-state index in [-0.39, 0.29) is 24.3 Å². The van der Waals surface area contributed by atoms with Crippen LogP contribution >= 0.6 is 0 Å². The summed E-state index contributed by atoms with van der Waals surface area (Å²) in [6.45, 7) is 2.44. The number of hydrogen-bond donors (Lipinski definition) is 3. The molecule has 0 bridgehead atoms. The Morgan fingerprint density at radius 3 is 2.26 bits per heavy atom. The summed E-state index contributed by atoms with van der Waals surface area (Å²) >= 11 is 0. The molecule has 0 aromatic heterocycles. The molecule has 2 aromatic carbocycles. The van der Waals surface area contributed by atoms with Crippen LogP contribution in [0.5, 0.6) is 0 Å². The highest BCUT2D eigenvalue weighted by Gasteiger charge is 2.32. The van der Waals surface area contributed by atoms with Gasteiger partial charge in [0.05, 0.1) is 5.92 Å². The summed E-state index contributed by atoms with van der Waals surface area (Å²) in [5.74, 6) is -1.66. The molecule has 0 unspecified atom stereocenters. The lowest BCUT2D eigenvalue weighted by molar-refractivity contribution is -0.145. The smallest absolute Gasteiger partial charge is 0.407 e. The van der Waals surface area contributed by atoms with Gasteiger partial charge in [0.1, 0.15) is 12.6 Å². The molecule has 0 radical (unpaired) electrons. The second-order valence-corrected chi connectivity index (χ2v) is 9.55. The number of hydrogen-bond acceptors (Lipinski definition) is 4. The van der Waals surface area contributed by atoms with E-state index in [0.29, 0.717) is 25.8 Å². The van der Waals surface area contributed by atoms with Crippen molar-refractivity contribution in [1.29, 1.82) is 0 Å². The monoisotopic (exact) mass is 478 g/mol. The first-order valence-electron chi connectivity index (χ1n) is 12.6. The predicted molar refractivity (Wildman–Crippen MR) is 133 cm³/mol. The number of carboxylic acid groups (broad SMARTS) is 1. The molecular formula is C28H34N2O5. The topological polar surface area (TPSA) is 105 Å². The first kappa shape index (κ1) is 24.8. The molecule has 2 aliphatic rings. The van der Waals surface area contributed by atoms with Crippen molar-refractivity contribution in [3.8, 4) is 11.1 Å². The van der Waals surface area contributed by atoms with Crippen LogP contribution in [0.4, 0.5) is 4.79 Å². The highest BCUT2D eigenvalue weighted by atomic mass is 16.5. The Hall–Kier alpha value is -3.35. The van der Waals surface area contributed by atoms with Crippen molar-refractivity contribution < 1.29 is 24.2 Å². The van der Waals surface area contributed by atoms with Gasteiger partial charge in [0.2, 0.25) is 5.91 Å². The molecule has 1 fully saturated rings. The number of carboxylic acids is 1. The van der Waals surface area contributed by atoms with E-state index in [1.807, 2.05) is 31.2 Å². The highest BCUT2D eigenvalue weighted by Crippen LogP contribution is 2.44. The zero-order chi connectivity index (χ0) is 24.8. The maximum atomic E-state index is 12.8. The molecule has 7 nitrogen and oxygen atoms in total. The van der Waals surface area contributed by atoms with E-state index in [1.54, 1.807) is 0 Å². The van der Waals surface area contributed by atoms with Gasteiger partial charge in [-0.1, -0.05) is 74.7 Å². The van der Waals surface area contributed by atoms with E-state index in [0.717, 1.165) is 41.5 Å². The lowest BCUT2D eigenvalue weighted by Gasteiger charge is -2.29. The van der Waals surface area contributed by atoms with Gasteiger partial charge >= 0.3 is 12.1 Å². The number of fused-ring (bicyclic) bond motifs is 3. The van der Waals surface area contributed by atoms with Crippen LogP contribution < -0.4 is 10.6 Å². The Bertz CT molecular complexity index is 1020. The van der Waals surface area contributed by atoms with Gasteiger partial charge in [-0.2, -0.15) is 0 Å². The Kier molecular flexibility index (Phi) is 8.06. The number of carbonyl (C=O) groups excluding carboxylic acids is 2. The number of carbonyl (C=O) groups is 3. The zero-order valence-corrected chi connectivity index (χ0v) is 20.2. The molecule has 0 aliphatic heterocycles. The summed E-state index contributed by atoms with van der Waals surface area (Å²) < 4.78 is 5.60. The maximum Gasteiger partial charge on any atom is 0.407 e. The van der Waals surface area contributed by atoms with Crippen molar-refractivity contribution in [1.82, 2.24) is 10.6 Å². The third-order valence-electron chi connectivity index (χ3n) is 7.29. The summed E-state index contributed by atoms with van der Waals surface area (Å²) in [4.78, 5) is 37.1. The van der Waals surface area contributed by atoms with Crippen LogP contribution in [0.3, 0.4) is 0 Å². The second-order valence-electron chi connectivity index (χ2n) is 9.55. The molecule has 0 heterocycles. The van der Waals surface area contributed by atoms with Gasteiger partial charge in [-0.3, -0.25) is 9.59 Å². The third-order valence-corrected chi connectivity index (χ3v) is 7.29. The first-order chi connectivity index (χ1) is 17.0. The Balaban J connectivity index is 1.33. The molecule has 35 heavy (non-hydrogen) atoms. The van der Waals surface area contributed by atoms with Crippen LogP contribution in [0.1, 0.15) is 62.5 Å². The van der Waals surface area contributed by atoms with E-state index in [9.17, 15) is 19.5 Å². The van der Waals surface area contributed by atoms with E-state index < -0.39 is 24.0 Å². The molecule has 2 aliphatic carbocycles. The fraction of sp³-hybridized carbons (Fsp3) is 0.464. The van der Waals surface area contributed by atoms with Crippen LogP contribution in [-0.2, 0) is 14.3 Å². The molecule has 3 N–H and O–H groups in total. The average molecular weight is 479 g/mol. The number of benzene rings is 2. The first-order valence-corrected chi connectivity index (χ1v) is 12.6. The Morgan fingerprint density at radius 1 is 1.00 bits per heavy atom. The number of rotatable bonds is 9. The third kappa shape index (κ3) is 5.66. The fourth-order valence-electron chi connectivity index (χ4n) is 5.47.